The van der Waals surface area contributed by atoms with Gasteiger partial charge in [-0.3, -0.25) is 4.79 Å². The van der Waals surface area contributed by atoms with E-state index < -0.39 is 9.84 Å². The Morgan fingerprint density at radius 3 is 2.67 bits per heavy atom. The summed E-state index contributed by atoms with van der Waals surface area (Å²) < 4.78 is 23.9. The quantitative estimate of drug-likeness (QED) is 0.818. The first-order valence-corrected chi connectivity index (χ1v) is 9.39. The van der Waals surface area contributed by atoms with Crippen molar-refractivity contribution >= 4 is 54.8 Å². The Balaban J connectivity index is 2.08. The predicted octanol–water partition coefficient (Wildman–Crippen LogP) is 3.57. The highest BCUT2D eigenvalue weighted by atomic mass is 79.9. The van der Waals surface area contributed by atoms with E-state index in [1.807, 2.05) is 12.1 Å². The van der Waals surface area contributed by atoms with Gasteiger partial charge < -0.3 is 5.32 Å². The maximum absolute atomic E-state index is 11.8. The molecule has 0 saturated carbocycles. The minimum Gasteiger partial charge on any atom is -0.322 e. The van der Waals surface area contributed by atoms with Crippen LogP contribution in [0.1, 0.15) is 4.88 Å². The molecule has 0 atom stereocenters. The SMILES string of the molecule is CS(=O)(=O)c1cccc(NC(=O)/C=C/c2ccc(Br)s2)c1. The van der Waals surface area contributed by atoms with Crippen LogP contribution in [0.15, 0.2) is 51.2 Å². The molecule has 110 valence electrons. The number of thiophene rings is 1. The standard InChI is InChI=1S/C14H12BrNO3S2/c1-21(18,19)12-4-2-3-10(9-12)16-14(17)8-6-11-5-7-13(15)20-11/h2-9H,1H3,(H,16,17)/b8-6+. The fraction of sp³-hybridized carbons (Fsp3) is 0.0714. The lowest BCUT2D eigenvalue weighted by Crippen LogP contribution is -2.08. The largest absolute Gasteiger partial charge is 0.322 e. The number of rotatable bonds is 4. The summed E-state index contributed by atoms with van der Waals surface area (Å²) in [5.74, 6) is -0.315. The zero-order valence-electron chi connectivity index (χ0n) is 11.0. The number of sulfone groups is 1. The Kier molecular flexibility index (Phi) is 4.97. The molecule has 0 radical (unpaired) electrons. The van der Waals surface area contributed by atoms with Crippen LogP contribution in [0.4, 0.5) is 5.69 Å². The third-order valence-corrected chi connectivity index (χ3v) is 5.22. The molecule has 21 heavy (non-hydrogen) atoms. The summed E-state index contributed by atoms with van der Waals surface area (Å²) >= 11 is 4.86. The first kappa shape index (κ1) is 15.9. The molecule has 0 spiro atoms. The lowest BCUT2D eigenvalue weighted by Gasteiger charge is -2.04. The van der Waals surface area contributed by atoms with Crippen molar-refractivity contribution in [1.29, 1.82) is 0 Å². The van der Waals surface area contributed by atoms with Crippen molar-refractivity contribution in [2.24, 2.45) is 0 Å². The van der Waals surface area contributed by atoms with Crippen LogP contribution in [0.3, 0.4) is 0 Å². The van der Waals surface area contributed by atoms with E-state index in [-0.39, 0.29) is 10.8 Å². The van der Waals surface area contributed by atoms with Gasteiger partial charge in [-0.15, -0.1) is 11.3 Å². The molecule has 7 heteroatoms. The van der Waals surface area contributed by atoms with Crippen LogP contribution >= 0.6 is 27.3 Å². The first-order valence-electron chi connectivity index (χ1n) is 5.89. The molecule has 1 aromatic carbocycles. The van der Waals surface area contributed by atoms with Crippen molar-refractivity contribution in [3.63, 3.8) is 0 Å². The third-order valence-electron chi connectivity index (χ3n) is 2.52. The molecule has 1 aromatic heterocycles. The number of hydrogen-bond donors (Lipinski definition) is 1. The van der Waals surface area contributed by atoms with Crippen LogP contribution in [-0.2, 0) is 14.6 Å². The molecule has 0 aliphatic rings. The van der Waals surface area contributed by atoms with Gasteiger partial charge in [0.1, 0.15) is 0 Å². The van der Waals surface area contributed by atoms with E-state index in [0.717, 1.165) is 14.9 Å². The summed E-state index contributed by atoms with van der Waals surface area (Å²) in [4.78, 5) is 12.9. The Morgan fingerprint density at radius 1 is 1.29 bits per heavy atom. The van der Waals surface area contributed by atoms with E-state index in [0.29, 0.717) is 5.69 Å². The first-order chi connectivity index (χ1) is 9.84. The second-order valence-corrected chi connectivity index (χ2v) is 8.77. The van der Waals surface area contributed by atoms with E-state index >= 15 is 0 Å². The highest BCUT2D eigenvalue weighted by molar-refractivity contribution is 9.11. The van der Waals surface area contributed by atoms with Crippen LogP contribution in [0.5, 0.6) is 0 Å². The van der Waals surface area contributed by atoms with Gasteiger partial charge in [0.15, 0.2) is 9.84 Å². The second-order valence-electron chi connectivity index (χ2n) is 4.26. The lowest BCUT2D eigenvalue weighted by atomic mass is 10.3. The summed E-state index contributed by atoms with van der Waals surface area (Å²) in [6, 6.07) is 9.95. The highest BCUT2D eigenvalue weighted by Crippen LogP contribution is 2.23. The number of nitrogens with one attached hydrogen (secondary N) is 1. The Bertz CT molecular complexity index is 794. The van der Waals surface area contributed by atoms with E-state index in [2.05, 4.69) is 21.2 Å². The number of amides is 1. The molecule has 2 rings (SSSR count). The van der Waals surface area contributed by atoms with E-state index in [9.17, 15) is 13.2 Å². The van der Waals surface area contributed by atoms with Crippen LogP contribution < -0.4 is 5.32 Å². The molecular formula is C14H12BrNO3S2. The van der Waals surface area contributed by atoms with E-state index in [1.54, 1.807) is 18.2 Å². The molecule has 1 heterocycles. The van der Waals surface area contributed by atoms with Crippen LogP contribution in [0.2, 0.25) is 0 Å². The summed E-state index contributed by atoms with van der Waals surface area (Å²) in [7, 11) is -3.29. The van der Waals surface area contributed by atoms with Gasteiger partial charge in [0.05, 0.1) is 8.68 Å². The fourth-order valence-electron chi connectivity index (χ4n) is 1.56. The van der Waals surface area contributed by atoms with Crippen LogP contribution in [-0.4, -0.2) is 20.6 Å². The number of carbonyl (C=O) groups excluding carboxylic acids is 1. The van der Waals surface area contributed by atoms with Crippen molar-refractivity contribution < 1.29 is 13.2 Å². The number of anilines is 1. The van der Waals surface area contributed by atoms with E-state index in [1.165, 1.54) is 29.5 Å². The Hall–Kier alpha value is -1.44. The average molecular weight is 386 g/mol. The smallest absolute Gasteiger partial charge is 0.248 e. The minimum atomic E-state index is -3.29. The van der Waals surface area contributed by atoms with Crippen molar-refractivity contribution in [2.45, 2.75) is 4.90 Å². The molecule has 0 unspecified atom stereocenters. The average Bonchev–Trinajstić information content (AvgIpc) is 2.82. The predicted molar refractivity (Wildman–Crippen MR) is 89.2 cm³/mol. The monoisotopic (exact) mass is 385 g/mol. The normalized spacial score (nSPS) is 11.7. The number of hydrogen-bond acceptors (Lipinski definition) is 4. The number of benzene rings is 1. The lowest BCUT2D eigenvalue weighted by molar-refractivity contribution is -0.111. The number of carbonyl (C=O) groups is 1. The van der Waals surface area contributed by atoms with Crippen LogP contribution in [0.25, 0.3) is 6.08 Å². The summed E-state index contributed by atoms with van der Waals surface area (Å²) in [5.41, 5.74) is 0.444. The maximum Gasteiger partial charge on any atom is 0.248 e. The zero-order chi connectivity index (χ0) is 15.5. The fourth-order valence-corrected chi connectivity index (χ4v) is 3.56. The maximum atomic E-state index is 11.8. The Morgan fingerprint density at radius 2 is 2.05 bits per heavy atom. The summed E-state index contributed by atoms with van der Waals surface area (Å²) in [5, 5.41) is 2.63. The van der Waals surface area contributed by atoms with Gasteiger partial charge in [0.25, 0.3) is 0 Å². The van der Waals surface area contributed by atoms with Crippen LogP contribution in [0, 0.1) is 0 Å². The van der Waals surface area contributed by atoms with Crippen molar-refractivity contribution in [3.8, 4) is 0 Å². The number of halogens is 1. The second kappa shape index (κ2) is 6.55. The van der Waals surface area contributed by atoms with Gasteiger partial charge in [0.2, 0.25) is 5.91 Å². The molecule has 1 N–H and O–H groups in total. The van der Waals surface area contributed by atoms with Gasteiger partial charge >= 0.3 is 0 Å². The Labute approximate surface area is 135 Å². The van der Waals surface area contributed by atoms with Gasteiger partial charge in [-0.25, -0.2) is 8.42 Å². The molecule has 2 aromatic rings. The van der Waals surface area contributed by atoms with Gasteiger partial charge in [0, 0.05) is 22.9 Å². The molecule has 0 saturated heterocycles. The summed E-state index contributed by atoms with van der Waals surface area (Å²) in [6.07, 6.45) is 4.24. The highest BCUT2D eigenvalue weighted by Gasteiger charge is 2.08. The van der Waals surface area contributed by atoms with Gasteiger partial charge in [-0.1, -0.05) is 6.07 Å². The summed E-state index contributed by atoms with van der Waals surface area (Å²) in [6.45, 7) is 0. The van der Waals surface area contributed by atoms with Crippen molar-refractivity contribution in [3.05, 3.63) is 51.1 Å². The van der Waals surface area contributed by atoms with E-state index in [4.69, 9.17) is 0 Å². The third kappa shape index (κ3) is 4.80. The molecular weight excluding hydrogens is 374 g/mol. The topological polar surface area (TPSA) is 63.2 Å². The van der Waals surface area contributed by atoms with Crippen molar-refractivity contribution in [2.75, 3.05) is 11.6 Å². The molecule has 1 amide bonds. The molecule has 0 bridgehead atoms. The molecule has 0 fully saturated rings. The molecule has 4 nitrogen and oxygen atoms in total. The molecule has 0 aliphatic heterocycles. The minimum absolute atomic E-state index is 0.173. The van der Waals surface area contributed by atoms with Gasteiger partial charge in [-0.05, 0) is 52.3 Å². The molecule has 0 aliphatic carbocycles. The van der Waals surface area contributed by atoms with Crippen molar-refractivity contribution in [1.82, 2.24) is 0 Å². The van der Waals surface area contributed by atoms with Gasteiger partial charge in [-0.2, -0.15) is 0 Å². The zero-order valence-corrected chi connectivity index (χ0v) is 14.3.